The van der Waals surface area contributed by atoms with Gasteiger partial charge < -0.3 is 20.1 Å². The first-order chi connectivity index (χ1) is 13.7. The molecule has 1 fully saturated rings. The van der Waals surface area contributed by atoms with Crippen molar-refractivity contribution in [2.75, 3.05) is 32.1 Å². The lowest BCUT2D eigenvalue weighted by molar-refractivity contribution is -0.111. The minimum atomic E-state index is -0.167. The van der Waals surface area contributed by atoms with Gasteiger partial charge in [0.05, 0.1) is 13.7 Å². The summed E-state index contributed by atoms with van der Waals surface area (Å²) in [5, 5.41) is 6.25. The van der Waals surface area contributed by atoms with E-state index in [1.54, 1.807) is 13.2 Å². The molecular formula is C23H28N2O3. The Morgan fingerprint density at radius 3 is 2.71 bits per heavy atom. The first kappa shape index (κ1) is 20.0. The van der Waals surface area contributed by atoms with E-state index < -0.39 is 0 Å². The van der Waals surface area contributed by atoms with Gasteiger partial charge in [0.1, 0.15) is 0 Å². The van der Waals surface area contributed by atoms with Crippen LogP contribution in [0, 0.1) is 12.8 Å². The van der Waals surface area contributed by atoms with E-state index in [1.165, 1.54) is 6.08 Å². The third-order valence-electron chi connectivity index (χ3n) is 4.95. The molecule has 148 valence electrons. The fourth-order valence-corrected chi connectivity index (χ4v) is 3.22. The monoisotopic (exact) mass is 380 g/mol. The number of hydrogen-bond donors (Lipinski definition) is 2. The highest BCUT2D eigenvalue weighted by Gasteiger charge is 2.15. The molecule has 0 unspecified atom stereocenters. The highest BCUT2D eigenvalue weighted by Crippen LogP contribution is 2.29. The summed E-state index contributed by atoms with van der Waals surface area (Å²) in [7, 11) is 1.63. The number of carbonyl (C=O) groups is 1. The number of rotatable bonds is 7. The Kier molecular flexibility index (Phi) is 7.09. The number of ether oxygens (including phenoxy) is 2. The van der Waals surface area contributed by atoms with Crippen LogP contribution in [-0.4, -0.2) is 32.7 Å². The summed E-state index contributed by atoms with van der Waals surface area (Å²) in [6, 6.07) is 13.4. The minimum absolute atomic E-state index is 0.167. The van der Waals surface area contributed by atoms with Crippen molar-refractivity contribution >= 4 is 17.7 Å². The summed E-state index contributed by atoms with van der Waals surface area (Å²) in [4.78, 5) is 12.2. The maximum Gasteiger partial charge on any atom is 0.248 e. The Bertz CT molecular complexity index is 826. The van der Waals surface area contributed by atoms with E-state index in [1.807, 2.05) is 49.4 Å². The fourth-order valence-electron chi connectivity index (χ4n) is 3.22. The molecule has 0 aromatic heterocycles. The third kappa shape index (κ3) is 5.60. The number of nitrogens with one attached hydrogen (secondary N) is 2. The number of anilines is 1. The van der Waals surface area contributed by atoms with Gasteiger partial charge in [-0.1, -0.05) is 24.3 Å². The van der Waals surface area contributed by atoms with Gasteiger partial charge in [-0.05, 0) is 74.2 Å². The second kappa shape index (κ2) is 9.95. The predicted molar refractivity (Wildman–Crippen MR) is 113 cm³/mol. The second-order valence-electron chi connectivity index (χ2n) is 7.05. The van der Waals surface area contributed by atoms with Gasteiger partial charge in [0.15, 0.2) is 11.5 Å². The van der Waals surface area contributed by atoms with Gasteiger partial charge in [-0.2, -0.15) is 0 Å². The smallest absolute Gasteiger partial charge is 0.248 e. The molecule has 0 spiro atoms. The molecule has 0 bridgehead atoms. The van der Waals surface area contributed by atoms with Crippen molar-refractivity contribution in [2.45, 2.75) is 19.8 Å². The minimum Gasteiger partial charge on any atom is -0.493 e. The molecule has 1 aliphatic heterocycles. The number of piperidine rings is 1. The highest BCUT2D eigenvalue weighted by molar-refractivity contribution is 6.02. The lowest BCUT2D eigenvalue weighted by atomic mass is 9.99. The van der Waals surface area contributed by atoms with Crippen molar-refractivity contribution in [2.24, 2.45) is 5.92 Å². The largest absolute Gasteiger partial charge is 0.493 e. The molecule has 5 heteroatoms. The van der Waals surface area contributed by atoms with E-state index >= 15 is 0 Å². The lowest BCUT2D eigenvalue weighted by Crippen LogP contribution is -2.30. The third-order valence-corrected chi connectivity index (χ3v) is 4.95. The Balaban J connectivity index is 1.60. The number of para-hydroxylation sites is 1. The standard InChI is InChI=1S/C23H28N2O3/c1-17-5-3-4-6-20(17)25-23(26)10-8-18-7-9-21(22(15-18)27-2)28-16-19-11-13-24-14-12-19/h3-10,15,19,24H,11-14,16H2,1-2H3,(H,25,26)/b10-8+. The summed E-state index contributed by atoms with van der Waals surface area (Å²) in [5.74, 6) is 1.83. The molecule has 28 heavy (non-hydrogen) atoms. The molecule has 1 heterocycles. The number of carbonyl (C=O) groups excluding carboxylic acids is 1. The lowest BCUT2D eigenvalue weighted by Gasteiger charge is -2.23. The van der Waals surface area contributed by atoms with Gasteiger partial charge in [-0.3, -0.25) is 4.79 Å². The molecule has 2 aromatic carbocycles. The topological polar surface area (TPSA) is 59.6 Å². The Morgan fingerprint density at radius 2 is 1.96 bits per heavy atom. The SMILES string of the molecule is COc1cc(/C=C/C(=O)Nc2ccccc2C)ccc1OCC1CCNCC1. The van der Waals surface area contributed by atoms with Gasteiger partial charge in [0.25, 0.3) is 0 Å². The summed E-state index contributed by atoms with van der Waals surface area (Å²) in [6.07, 6.45) is 5.57. The van der Waals surface area contributed by atoms with Crippen LogP contribution in [0.5, 0.6) is 11.5 Å². The summed E-state index contributed by atoms with van der Waals surface area (Å²) in [5.41, 5.74) is 2.73. The Hall–Kier alpha value is -2.79. The van der Waals surface area contributed by atoms with Crippen LogP contribution in [0.4, 0.5) is 5.69 Å². The normalized spacial score (nSPS) is 14.8. The molecule has 0 atom stereocenters. The summed E-state index contributed by atoms with van der Waals surface area (Å²) < 4.78 is 11.5. The van der Waals surface area contributed by atoms with Crippen LogP contribution in [0.25, 0.3) is 6.08 Å². The van der Waals surface area contributed by atoms with E-state index in [-0.39, 0.29) is 5.91 Å². The number of amides is 1. The average Bonchev–Trinajstić information content (AvgIpc) is 2.73. The first-order valence-corrected chi connectivity index (χ1v) is 9.72. The first-order valence-electron chi connectivity index (χ1n) is 9.72. The van der Waals surface area contributed by atoms with E-state index in [9.17, 15) is 4.79 Å². The van der Waals surface area contributed by atoms with Gasteiger partial charge in [0, 0.05) is 11.8 Å². The van der Waals surface area contributed by atoms with Crippen molar-refractivity contribution in [3.63, 3.8) is 0 Å². The van der Waals surface area contributed by atoms with Gasteiger partial charge in [0.2, 0.25) is 5.91 Å². The predicted octanol–water partition coefficient (Wildman–Crippen LogP) is 4.03. The molecule has 0 aliphatic carbocycles. The highest BCUT2D eigenvalue weighted by atomic mass is 16.5. The van der Waals surface area contributed by atoms with Crippen LogP contribution in [-0.2, 0) is 4.79 Å². The van der Waals surface area contributed by atoms with Gasteiger partial charge >= 0.3 is 0 Å². The van der Waals surface area contributed by atoms with E-state index in [4.69, 9.17) is 9.47 Å². The number of methoxy groups -OCH3 is 1. The molecule has 1 amide bonds. The van der Waals surface area contributed by atoms with Crippen molar-refractivity contribution < 1.29 is 14.3 Å². The maximum absolute atomic E-state index is 12.2. The molecule has 2 aromatic rings. The average molecular weight is 380 g/mol. The molecular weight excluding hydrogens is 352 g/mol. The van der Waals surface area contributed by atoms with Crippen LogP contribution < -0.4 is 20.1 Å². The van der Waals surface area contributed by atoms with Crippen LogP contribution in [0.2, 0.25) is 0 Å². The quantitative estimate of drug-likeness (QED) is 0.712. The maximum atomic E-state index is 12.2. The molecule has 2 N–H and O–H groups in total. The summed E-state index contributed by atoms with van der Waals surface area (Å²) in [6.45, 7) is 4.78. The number of aryl methyl sites for hydroxylation is 1. The number of hydrogen-bond acceptors (Lipinski definition) is 4. The zero-order valence-corrected chi connectivity index (χ0v) is 16.5. The van der Waals surface area contributed by atoms with Crippen LogP contribution in [0.15, 0.2) is 48.5 Å². The van der Waals surface area contributed by atoms with E-state index in [0.717, 1.165) is 48.5 Å². The Labute approximate surface area is 166 Å². The van der Waals surface area contributed by atoms with Crippen molar-refractivity contribution in [3.05, 3.63) is 59.7 Å². The Morgan fingerprint density at radius 1 is 1.18 bits per heavy atom. The van der Waals surface area contributed by atoms with Crippen LogP contribution >= 0.6 is 0 Å². The fraction of sp³-hybridized carbons (Fsp3) is 0.348. The zero-order chi connectivity index (χ0) is 19.8. The molecule has 0 radical (unpaired) electrons. The van der Waals surface area contributed by atoms with Crippen molar-refractivity contribution in [1.29, 1.82) is 0 Å². The van der Waals surface area contributed by atoms with Crippen LogP contribution in [0.1, 0.15) is 24.0 Å². The molecule has 3 rings (SSSR count). The van der Waals surface area contributed by atoms with E-state index in [0.29, 0.717) is 18.3 Å². The van der Waals surface area contributed by atoms with Gasteiger partial charge in [-0.25, -0.2) is 0 Å². The van der Waals surface area contributed by atoms with Crippen LogP contribution in [0.3, 0.4) is 0 Å². The van der Waals surface area contributed by atoms with Crippen molar-refractivity contribution in [1.82, 2.24) is 5.32 Å². The molecule has 1 saturated heterocycles. The van der Waals surface area contributed by atoms with Gasteiger partial charge in [-0.15, -0.1) is 0 Å². The number of benzene rings is 2. The molecule has 0 saturated carbocycles. The summed E-state index contributed by atoms with van der Waals surface area (Å²) >= 11 is 0. The van der Waals surface area contributed by atoms with E-state index in [2.05, 4.69) is 10.6 Å². The molecule has 5 nitrogen and oxygen atoms in total. The second-order valence-corrected chi connectivity index (χ2v) is 7.05. The zero-order valence-electron chi connectivity index (χ0n) is 16.5. The van der Waals surface area contributed by atoms with Crippen molar-refractivity contribution in [3.8, 4) is 11.5 Å². The molecule has 1 aliphatic rings.